The second-order valence-electron chi connectivity index (χ2n) is 5.68. The molecule has 3 rings (SSSR count). The lowest BCUT2D eigenvalue weighted by atomic mass is 10.2. The molecule has 0 aliphatic rings. The molecule has 0 aliphatic carbocycles. The molecule has 0 bridgehead atoms. The van der Waals surface area contributed by atoms with Crippen molar-refractivity contribution in [3.63, 3.8) is 0 Å². The molecule has 1 heterocycles. The van der Waals surface area contributed by atoms with Crippen LogP contribution in [0.5, 0.6) is 0 Å². The lowest BCUT2D eigenvalue weighted by Gasteiger charge is -2.12. The average molecular weight is 407 g/mol. The third kappa shape index (κ3) is 4.03. The summed E-state index contributed by atoms with van der Waals surface area (Å²) in [7, 11) is 3.45. The van der Waals surface area contributed by atoms with Crippen molar-refractivity contribution in [2.45, 2.75) is 5.16 Å². The Bertz CT molecular complexity index is 928. The van der Waals surface area contributed by atoms with Crippen LogP contribution in [0.4, 0.5) is 0 Å². The lowest BCUT2D eigenvalue weighted by Crippen LogP contribution is -2.23. The first-order valence-corrected chi connectivity index (χ1v) is 9.50. The van der Waals surface area contributed by atoms with Gasteiger partial charge in [0.25, 0.3) is 0 Å². The summed E-state index contributed by atoms with van der Waals surface area (Å²) in [4.78, 5) is 13.5. The summed E-state index contributed by atoms with van der Waals surface area (Å²) in [6.07, 6.45) is 0. The quantitative estimate of drug-likeness (QED) is 0.588. The minimum absolute atomic E-state index is 0.00341. The maximum atomic E-state index is 11.9. The fourth-order valence-corrected chi connectivity index (χ4v) is 3.70. The van der Waals surface area contributed by atoms with Gasteiger partial charge in [0.15, 0.2) is 11.0 Å². The summed E-state index contributed by atoms with van der Waals surface area (Å²) in [6, 6.07) is 15.0. The van der Waals surface area contributed by atoms with Gasteiger partial charge in [-0.25, -0.2) is 0 Å². The molecule has 0 aliphatic heterocycles. The van der Waals surface area contributed by atoms with Crippen molar-refractivity contribution in [3.05, 3.63) is 58.6 Å². The molecule has 0 N–H and O–H groups in total. The normalized spacial score (nSPS) is 10.8. The van der Waals surface area contributed by atoms with Crippen molar-refractivity contribution in [3.8, 4) is 17.1 Å². The molecule has 5 nitrogen and oxygen atoms in total. The standard InChI is InChI=1S/C18H16Cl2N4OS/c1-23(2)16(25)11-26-18-22-21-17(14-9-8-12(19)10-15(14)20)24(18)13-6-4-3-5-7-13/h3-10H,11H2,1-2H3. The highest BCUT2D eigenvalue weighted by molar-refractivity contribution is 7.99. The first-order chi connectivity index (χ1) is 12.5. The Morgan fingerprint density at radius 3 is 2.50 bits per heavy atom. The van der Waals surface area contributed by atoms with E-state index in [0.29, 0.717) is 21.0 Å². The molecule has 0 fully saturated rings. The van der Waals surface area contributed by atoms with Gasteiger partial charge in [-0.1, -0.05) is 53.2 Å². The summed E-state index contributed by atoms with van der Waals surface area (Å²) in [6.45, 7) is 0. The molecule has 1 amide bonds. The Morgan fingerprint density at radius 2 is 1.85 bits per heavy atom. The van der Waals surface area contributed by atoms with Gasteiger partial charge in [0.1, 0.15) is 0 Å². The molecule has 0 unspecified atom stereocenters. The minimum atomic E-state index is 0.00341. The summed E-state index contributed by atoms with van der Waals surface area (Å²) >= 11 is 13.7. The second kappa shape index (κ2) is 8.12. The summed E-state index contributed by atoms with van der Waals surface area (Å²) < 4.78 is 1.89. The van der Waals surface area contributed by atoms with Crippen LogP contribution in [0.2, 0.25) is 10.0 Å². The molecule has 2 aromatic carbocycles. The number of thioether (sulfide) groups is 1. The fourth-order valence-electron chi connectivity index (χ4n) is 2.27. The molecule has 0 spiro atoms. The molecule has 8 heteroatoms. The zero-order chi connectivity index (χ0) is 18.7. The number of amides is 1. The van der Waals surface area contributed by atoms with Gasteiger partial charge in [0.2, 0.25) is 5.91 Å². The van der Waals surface area contributed by atoms with Gasteiger partial charge >= 0.3 is 0 Å². The first kappa shape index (κ1) is 18.8. The molecule has 3 aromatic rings. The number of para-hydroxylation sites is 1. The number of aromatic nitrogens is 3. The van der Waals surface area contributed by atoms with Crippen LogP contribution in [-0.2, 0) is 4.79 Å². The molecule has 1 aromatic heterocycles. The Labute approximate surface area is 165 Å². The highest BCUT2D eigenvalue weighted by Crippen LogP contribution is 2.33. The van der Waals surface area contributed by atoms with Gasteiger partial charge in [0.05, 0.1) is 10.8 Å². The van der Waals surface area contributed by atoms with E-state index in [2.05, 4.69) is 10.2 Å². The van der Waals surface area contributed by atoms with E-state index in [4.69, 9.17) is 23.2 Å². The van der Waals surface area contributed by atoms with Crippen LogP contribution in [0.3, 0.4) is 0 Å². The molecule has 134 valence electrons. The van der Waals surface area contributed by atoms with Crippen molar-refractivity contribution in [2.24, 2.45) is 0 Å². The van der Waals surface area contributed by atoms with Crippen molar-refractivity contribution in [1.82, 2.24) is 19.7 Å². The molecular formula is C18H16Cl2N4OS. The predicted molar refractivity (Wildman–Crippen MR) is 106 cm³/mol. The van der Waals surface area contributed by atoms with Gasteiger partial charge in [0, 0.05) is 30.4 Å². The predicted octanol–water partition coefficient (Wildman–Crippen LogP) is 4.42. The third-order valence-corrected chi connectivity index (χ3v) is 5.10. The van der Waals surface area contributed by atoms with Gasteiger partial charge in [-0.3, -0.25) is 9.36 Å². The van der Waals surface area contributed by atoms with E-state index in [9.17, 15) is 4.79 Å². The number of nitrogens with zero attached hydrogens (tertiary/aromatic N) is 4. The number of halogens is 2. The van der Waals surface area contributed by atoms with Gasteiger partial charge < -0.3 is 4.90 Å². The molecular weight excluding hydrogens is 391 g/mol. The van der Waals surface area contributed by atoms with E-state index in [1.165, 1.54) is 11.8 Å². The number of hydrogen-bond donors (Lipinski definition) is 0. The monoisotopic (exact) mass is 406 g/mol. The molecule has 0 atom stereocenters. The smallest absolute Gasteiger partial charge is 0.232 e. The Kier molecular flexibility index (Phi) is 5.86. The Balaban J connectivity index is 2.06. The van der Waals surface area contributed by atoms with Crippen molar-refractivity contribution < 1.29 is 4.79 Å². The van der Waals surface area contributed by atoms with Gasteiger partial charge in [-0.05, 0) is 30.3 Å². The Morgan fingerprint density at radius 1 is 1.12 bits per heavy atom. The molecule has 26 heavy (non-hydrogen) atoms. The van der Waals surface area contributed by atoms with E-state index in [1.54, 1.807) is 31.1 Å². The van der Waals surface area contributed by atoms with E-state index in [1.807, 2.05) is 41.0 Å². The second-order valence-corrected chi connectivity index (χ2v) is 7.46. The van der Waals surface area contributed by atoms with E-state index in [0.717, 1.165) is 11.3 Å². The first-order valence-electron chi connectivity index (χ1n) is 7.76. The molecule has 0 radical (unpaired) electrons. The maximum absolute atomic E-state index is 11.9. The lowest BCUT2D eigenvalue weighted by molar-refractivity contribution is -0.125. The highest BCUT2D eigenvalue weighted by atomic mass is 35.5. The summed E-state index contributed by atoms with van der Waals surface area (Å²) in [5.74, 6) is 0.869. The largest absolute Gasteiger partial charge is 0.348 e. The van der Waals surface area contributed by atoms with E-state index < -0.39 is 0 Å². The van der Waals surface area contributed by atoms with E-state index >= 15 is 0 Å². The third-order valence-electron chi connectivity index (χ3n) is 3.64. The SMILES string of the molecule is CN(C)C(=O)CSc1nnc(-c2ccc(Cl)cc2Cl)n1-c1ccccc1. The average Bonchev–Trinajstić information content (AvgIpc) is 3.04. The number of carbonyl (C=O) groups is 1. The van der Waals surface area contributed by atoms with Crippen LogP contribution in [-0.4, -0.2) is 45.4 Å². The van der Waals surface area contributed by atoms with Crippen molar-refractivity contribution in [1.29, 1.82) is 0 Å². The fraction of sp³-hybridized carbons (Fsp3) is 0.167. The topological polar surface area (TPSA) is 51.0 Å². The van der Waals surface area contributed by atoms with Crippen molar-refractivity contribution in [2.75, 3.05) is 19.8 Å². The zero-order valence-corrected chi connectivity index (χ0v) is 16.5. The summed E-state index contributed by atoms with van der Waals surface area (Å²) in [5, 5.41) is 10.3. The number of benzene rings is 2. The van der Waals surface area contributed by atoms with Crippen LogP contribution in [0, 0.1) is 0 Å². The maximum Gasteiger partial charge on any atom is 0.232 e. The molecule has 0 saturated heterocycles. The van der Waals surface area contributed by atoms with Crippen LogP contribution in [0.15, 0.2) is 53.7 Å². The van der Waals surface area contributed by atoms with Gasteiger partial charge in [-0.2, -0.15) is 0 Å². The van der Waals surface area contributed by atoms with Crippen LogP contribution in [0.25, 0.3) is 17.1 Å². The minimum Gasteiger partial charge on any atom is -0.348 e. The number of carbonyl (C=O) groups excluding carboxylic acids is 1. The Hall–Kier alpha value is -2.02. The zero-order valence-electron chi connectivity index (χ0n) is 14.2. The summed E-state index contributed by atoms with van der Waals surface area (Å²) in [5.41, 5.74) is 1.61. The molecule has 0 saturated carbocycles. The highest BCUT2D eigenvalue weighted by Gasteiger charge is 2.19. The van der Waals surface area contributed by atoms with E-state index in [-0.39, 0.29) is 11.7 Å². The van der Waals surface area contributed by atoms with Crippen molar-refractivity contribution >= 4 is 40.9 Å². The van der Waals surface area contributed by atoms with Gasteiger partial charge in [-0.15, -0.1) is 10.2 Å². The van der Waals surface area contributed by atoms with Crippen LogP contribution in [0.1, 0.15) is 0 Å². The van der Waals surface area contributed by atoms with Crippen LogP contribution >= 0.6 is 35.0 Å². The number of rotatable bonds is 5. The van der Waals surface area contributed by atoms with Crippen LogP contribution < -0.4 is 0 Å². The number of hydrogen-bond acceptors (Lipinski definition) is 4.